The average Bonchev–Trinajstić information content (AvgIpc) is 2.36. The normalized spacial score (nSPS) is 21.2. The van der Waals surface area contributed by atoms with Crippen LogP contribution < -0.4 is 0 Å². The van der Waals surface area contributed by atoms with Gasteiger partial charge in [-0.05, 0) is 25.2 Å². The Morgan fingerprint density at radius 2 is 2.28 bits per heavy atom. The summed E-state index contributed by atoms with van der Waals surface area (Å²) < 4.78 is 4.71. The summed E-state index contributed by atoms with van der Waals surface area (Å²) in [6.07, 6.45) is 4.86. The van der Waals surface area contributed by atoms with Crippen molar-refractivity contribution in [2.24, 2.45) is 11.8 Å². The van der Waals surface area contributed by atoms with E-state index in [-0.39, 0.29) is 23.9 Å². The molecule has 0 amide bonds. The van der Waals surface area contributed by atoms with Crippen molar-refractivity contribution < 1.29 is 19.1 Å². The van der Waals surface area contributed by atoms with Gasteiger partial charge >= 0.3 is 5.97 Å². The number of carbonyl (C=O) groups is 3. The largest absolute Gasteiger partial charge is 0.468 e. The van der Waals surface area contributed by atoms with Crippen molar-refractivity contribution in [2.45, 2.75) is 38.5 Å². The SMILES string of the molecule is C=CCCC(=O)C(C(=O)OC)[C@H]1CCCC(=O)C1. The number of allylic oxidation sites excluding steroid dienone is 1. The number of carbonyl (C=O) groups excluding carboxylic acids is 3. The van der Waals surface area contributed by atoms with Crippen molar-refractivity contribution in [3.05, 3.63) is 12.7 Å². The van der Waals surface area contributed by atoms with Gasteiger partial charge in [0.2, 0.25) is 0 Å². The molecule has 1 unspecified atom stereocenters. The fourth-order valence-electron chi connectivity index (χ4n) is 2.46. The van der Waals surface area contributed by atoms with Gasteiger partial charge in [0.05, 0.1) is 7.11 Å². The summed E-state index contributed by atoms with van der Waals surface area (Å²) in [6.45, 7) is 3.56. The van der Waals surface area contributed by atoms with Gasteiger partial charge in [-0.2, -0.15) is 0 Å². The van der Waals surface area contributed by atoms with E-state index in [0.29, 0.717) is 19.3 Å². The highest BCUT2D eigenvalue weighted by atomic mass is 16.5. The predicted octanol–water partition coefficient (Wildman–Crippen LogP) is 2.07. The van der Waals surface area contributed by atoms with Crippen LogP contribution in [0.25, 0.3) is 0 Å². The lowest BCUT2D eigenvalue weighted by atomic mass is 9.77. The molecule has 1 aliphatic carbocycles. The first kappa shape index (κ1) is 14.6. The van der Waals surface area contributed by atoms with Crippen LogP contribution in [-0.4, -0.2) is 24.6 Å². The van der Waals surface area contributed by atoms with Crippen molar-refractivity contribution in [3.63, 3.8) is 0 Å². The lowest BCUT2D eigenvalue weighted by Crippen LogP contribution is -2.35. The Balaban J connectivity index is 2.76. The molecule has 0 aliphatic heterocycles. The van der Waals surface area contributed by atoms with Crippen LogP contribution in [0.2, 0.25) is 0 Å². The van der Waals surface area contributed by atoms with Gasteiger partial charge in [-0.15, -0.1) is 6.58 Å². The van der Waals surface area contributed by atoms with Crippen LogP contribution in [-0.2, 0) is 19.1 Å². The first-order valence-electron chi connectivity index (χ1n) is 6.33. The van der Waals surface area contributed by atoms with Gasteiger partial charge in [0, 0.05) is 19.3 Å². The maximum Gasteiger partial charge on any atom is 0.316 e. The molecule has 1 aliphatic rings. The minimum atomic E-state index is -0.779. The second kappa shape index (κ2) is 7.09. The molecule has 1 saturated carbocycles. The number of ketones is 2. The Labute approximate surface area is 107 Å². The Morgan fingerprint density at radius 3 is 2.83 bits per heavy atom. The Bertz CT molecular complexity index is 346. The molecule has 0 aromatic rings. The van der Waals surface area contributed by atoms with Gasteiger partial charge in [0.25, 0.3) is 0 Å². The molecule has 0 aromatic heterocycles. The molecular formula is C14H20O4. The third kappa shape index (κ3) is 3.79. The summed E-state index contributed by atoms with van der Waals surface area (Å²) in [5.74, 6) is -1.47. The molecule has 4 heteroatoms. The topological polar surface area (TPSA) is 60.4 Å². The highest BCUT2D eigenvalue weighted by molar-refractivity contribution is 6.00. The third-order valence-corrected chi connectivity index (χ3v) is 3.39. The average molecular weight is 252 g/mol. The summed E-state index contributed by atoms with van der Waals surface area (Å²) in [7, 11) is 1.28. The molecule has 2 atom stereocenters. The van der Waals surface area contributed by atoms with E-state index in [1.165, 1.54) is 7.11 Å². The van der Waals surface area contributed by atoms with Gasteiger partial charge in [-0.1, -0.05) is 6.08 Å². The van der Waals surface area contributed by atoms with Crippen LogP contribution in [0.5, 0.6) is 0 Å². The molecule has 0 aromatic carbocycles. The van der Waals surface area contributed by atoms with E-state index in [4.69, 9.17) is 4.74 Å². The fraction of sp³-hybridized carbons (Fsp3) is 0.643. The van der Waals surface area contributed by atoms with Crippen LogP contribution in [0.15, 0.2) is 12.7 Å². The Kier molecular flexibility index (Phi) is 5.75. The molecule has 0 N–H and O–H groups in total. The summed E-state index contributed by atoms with van der Waals surface area (Å²) in [5, 5.41) is 0. The molecule has 100 valence electrons. The number of hydrogen-bond donors (Lipinski definition) is 0. The first-order chi connectivity index (χ1) is 8.60. The summed E-state index contributed by atoms with van der Waals surface area (Å²) >= 11 is 0. The van der Waals surface area contributed by atoms with Gasteiger partial charge in [0.15, 0.2) is 0 Å². The van der Waals surface area contributed by atoms with Gasteiger partial charge in [-0.25, -0.2) is 0 Å². The standard InChI is InChI=1S/C14H20O4/c1-3-4-8-12(16)13(14(17)18-2)10-6-5-7-11(15)9-10/h3,10,13H,1,4-9H2,2H3/t10-,13?/m0/s1. The number of rotatable bonds is 6. The number of Topliss-reactive ketones (excluding diaryl/α,β-unsaturated/α-hetero) is 2. The lowest BCUT2D eigenvalue weighted by Gasteiger charge is -2.26. The highest BCUT2D eigenvalue weighted by Gasteiger charge is 2.37. The molecule has 0 spiro atoms. The Hall–Kier alpha value is -1.45. The molecule has 1 rings (SSSR count). The van der Waals surface area contributed by atoms with Crippen LogP contribution in [0.3, 0.4) is 0 Å². The van der Waals surface area contributed by atoms with Crippen LogP contribution in [0, 0.1) is 11.8 Å². The lowest BCUT2D eigenvalue weighted by molar-refractivity contribution is -0.152. The number of esters is 1. The van der Waals surface area contributed by atoms with Crippen molar-refractivity contribution >= 4 is 17.5 Å². The zero-order chi connectivity index (χ0) is 13.5. The van der Waals surface area contributed by atoms with E-state index in [0.717, 1.165) is 12.8 Å². The van der Waals surface area contributed by atoms with E-state index in [9.17, 15) is 14.4 Å². The summed E-state index contributed by atoms with van der Waals surface area (Å²) in [4.78, 5) is 35.2. The van der Waals surface area contributed by atoms with E-state index in [1.807, 2.05) is 0 Å². The van der Waals surface area contributed by atoms with Gasteiger partial charge in [-0.3, -0.25) is 14.4 Å². The van der Waals surface area contributed by atoms with Gasteiger partial charge in [0.1, 0.15) is 17.5 Å². The maximum atomic E-state index is 12.0. The van der Waals surface area contributed by atoms with E-state index in [1.54, 1.807) is 6.08 Å². The molecule has 18 heavy (non-hydrogen) atoms. The number of ether oxygens (including phenoxy) is 1. The number of hydrogen-bond acceptors (Lipinski definition) is 4. The van der Waals surface area contributed by atoms with E-state index < -0.39 is 11.9 Å². The zero-order valence-electron chi connectivity index (χ0n) is 10.8. The highest BCUT2D eigenvalue weighted by Crippen LogP contribution is 2.30. The van der Waals surface area contributed by atoms with E-state index in [2.05, 4.69) is 6.58 Å². The molecular weight excluding hydrogens is 232 g/mol. The van der Waals surface area contributed by atoms with E-state index >= 15 is 0 Å². The molecule has 0 bridgehead atoms. The van der Waals surface area contributed by atoms with Crippen LogP contribution in [0.1, 0.15) is 38.5 Å². The van der Waals surface area contributed by atoms with Crippen molar-refractivity contribution in [1.82, 2.24) is 0 Å². The fourth-order valence-corrected chi connectivity index (χ4v) is 2.46. The summed E-state index contributed by atoms with van der Waals surface area (Å²) in [6, 6.07) is 0. The first-order valence-corrected chi connectivity index (χ1v) is 6.33. The Morgan fingerprint density at radius 1 is 1.56 bits per heavy atom. The maximum absolute atomic E-state index is 12.0. The monoisotopic (exact) mass is 252 g/mol. The zero-order valence-corrected chi connectivity index (χ0v) is 10.8. The minimum Gasteiger partial charge on any atom is -0.468 e. The molecule has 0 saturated heterocycles. The second-order valence-corrected chi connectivity index (χ2v) is 4.69. The molecule has 0 radical (unpaired) electrons. The minimum absolute atomic E-state index is 0.136. The van der Waals surface area contributed by atoms with Crippen LogP contribution in [0.4, 0.5) is 0 Å². The van der Waals surface area contributed by atoms with Crippen molar-refractivity contribution in [2.75, 3.05) is 7.11 Å². The van der Waals surface area contributed by atoms with Crippen molar-refractivity contribution in [1.29, 1.82) is 0 Å². The quantitative estimate of drug-likeness (QED) is 0.412. The van der Waals surface area contributed by atoms with Crippen molar-refractivity contribution in [3.8, 4) is 0 Å². The molecule has 0 heterocycles. The predicted molar refractivity (Wildman–Crippen MR) is 66.9 cm³/mol. The smallest absolute Gasteiger partial charge is 0.316 e. The summed E-state index contributed by atoms with van der Waals surface area (Å²) in [5.41, 5.74) is 0. The molecule has 1 fully saturated rings. The van der Waals surface area contributed by atoms with Gasteiger partial charge < -0.3 is 4.74 Å². The third-order valence-electron chi connectivity index (χ3n) is 3.39. The second-order valence-electron chi connectivity index (χ2n) is 4.69. The molecule has 4 nitrogen and oxygen atoms in total. The van der Waals surface area contributed by atoms with Crippen LogP contribution >= 0.6 is 0 Å². The number of methoxy groups -OCH3 is 1.